The molecular weight excluding hydrogens is 307 g/mol. The molecule has 0 aliphatic rings. The van der Waals surface area contributed by atoms with Gasteiger partial charge in [-0.25, -0.2) is 0 Å². The number of aliphatic imine (C=N–C) groups is 1. The van der Waals surface area contributed by atoms with Gasteiger partial charge in [-0.3, -0.25) is 4.99 Å². The Morgan fingerprint density at radius 1 is 1.60 bits per heavy atom. The van der Waals surface area contributed by atoms with E-state index in [2.05, 4.69) is 27.6 Å². The van der Waals surface area contributed by atoms with Gasteiger partial charge in [0, 0.05) is 12.8 Å². The van der Waals surface area contributed by atoms with Crippen molar-refractivity contribution < 1.29 is 9.84 Å². The summed E-state index contributed by atoms with van der Waals surface area (Å²) in [5.41, 5.74) is 6.15. The van der Waals surface area contributed by atoms with Crippen molar-refractivity contribution >= 4 is 28.8 Å². The molecule has 0 bridgehead atoms. The fourth-order valence-electron chi connectivity index (χ4n) is 1.12. The van der Waals surface area contributed by atoms with Gasteiger partial charge in [-0.05, 0) is 40.3 Å². The maximum atomic E-state index is 9.61. The molecule has 0 radical (unpaired) electrons. The standard InChI is InChI=1S/C10H13IN2O2/c1-15-10-8(11)4-7(5-9(10)14)6-13-3-2-12/h4-6,14H,2-3,12H2,1H3. The van der Waals surface area contributed by atoms with E-state index in [9.17, 15) is 5.11 Å². The van der Waals surface area contributed by atoms with Crippen LogP contribution in [-0.4, -0.2) is 31.5 Å². The highest BCUT2D eigenvalue weighted by Crippen LogP contribution is 2.31. The molecule has 4 nitrogen and oxygen atoms in total. The van der Waals surface area contributed by atoms with E-state index in [0.717, 1.165) is 9.13 Å². The van der Waals surface area contributed by atoms with Crippen molar-refractivity contribution in [1.29, 1.82) is 0 Å². The molecule has 0 saturated carbocycles. The molecule has 15 heavy (non-hydrogen) atoms. The Kier molecular flexibility index (Phi) is 4.83. The zero-order valence-corrected chi connectivity index (χ0v) is 10.6. The van der Waals surface area contributed by atoms with Crippen LogP contribution in [0, 0.1) is 3.57 Å². The number of halogens is 1. The molecule has 0 saturated heterocycles. The molecule has 0 aliphatic carbocycles. The van der Waals surface area contributed by atoms with E-state index in [1.54, 1.807) is 12.3 Å². The van der Waals surface area contributed by atoms with Crippen LogP contribution in [0.5, 0.6) is 11.5 Å². The fraction of sp³-hybridized carbons (Fsp3) is 0.300. The molecule has 5 heteroatoms. The summed E-state index contributed by atoms with van der Waals surface area (Å²) in [6, 6.07) is 3.50. The summed E-state index contributed by atoms with van der Waals surface area (Å²) in [6.07, 6.45) is 1.69. The third-order valence-electron chi connectivity index (χ3n) is 1.75. The molecule has 0 unspecified atom stereocenters. The summed E-state index contributed by atoms with van der Waals surface area (Å²) in [5, 5.41) is 9.61. The summed E-state index contributed by atoms with van der Waals surface area (Å²) in [7, 11) is 1.53. The van der Waals surface area contributed by atoms with E-state index in [4.69, 9.17) is 10.5 Å². The average molecular weight is 320 g/mol. The second-order valence-corrected chi connectivity index (χ2v) is 4.04. The lowest BCUT2D eigenvalue weighted by molar-refractivity contribution is 0.371. The van der Waals surface area contributed by atoms with Gasteiger partial charge in [0.25, 0.3) is 0 Å². The lowest BCUT2D eigenvalue weighted by Gasteiger charge is -2.06. The highest BCUT2D eigenvalue weighted by atomic mass is 127. The minimum Gasteiger partial charge on any atom is -0.504 e. The largest absolute Gasteiger partial charge is 0.504 e. The molecule has 1 rings (SSSR count). The molecule has 0 spiro atoms. The number of phenolic OH excluding ortho intramolecular Hbond substituents is 1. The number of aromatic hydroxyl groups is 1. The molecule has 82 valence electrons. The van der Waals surface area contributed by atoms with E-state index in [0.29, 0.717) is 18.8 Å². The van der Waals surface area contributed by atoms with Crippen molar-refractivity contribution in [3.63, 3.8) is 0 Å². The summed E-state index contributed by atoms with van der Waals surface area (Å²) >= 11 is 2.10. The van der Waals surface area contributed by atoms with Gasteiger partial charge in [0.2, 0.25) is 0 Å². The highest BCUT2D eigenvalue weighted by Gasteiger charge is 2.07. The predicted octanol–water partition coefficient (Wildman–Crippen LogP) is 1.38. The first-order valence-corrected chi connectivity index (χ1v) is 5.53. The van der Waals surface area contributed by atoms with E-state index in [1.807, 2.05) is 6.07 Å². The smallest absolute Gasteiger partial charge is 0.173 e. The van der Waals surface area contributed by atoms with E-state index < -0.39 is 0 Å². The van der Waals surface area contributed by atoms with Gasteiger partial charge >= 0.3 is 0 Å². The number of nitrogens with two attached hydrogens (primary N) is 1. The lowest BCUT2D eigenvalue weighted by Crippen LogP contribution is -2.02. The molecular formula is C10H13IN2O2. The topological polar surface area (TPSA) is 67.8 Å². The van der Waals surface area contributed by atoms with Crippen molar-refractivity contribution in [1.82, 2.24) is 0 Å². The molecule has 0 aromatic heterocycles. The van der Waals surface area contributed by atoms with Crippen LogP contribution in [0.3, 0.4) is 0 Å². The van der Waals surface area contributed by atoms with E-state index in [-0.39, 0.29) is 5.75 Å². The third kappa shape index (κ3) is 3.35. The number of ether oxygens (including phenoxy) is 1. The van der Waals surface area contributed by atoms with Crippen LogP contribution in [-0.2, 0) is 0 Å². The quantitative estimate of drug-likeness (QED) is 0.651. The summed E-state index contributed by atoms with van der Waals surface area (Å²) in [6.45, 7) is 1.11. The number of benzene rings is 1. The Bertz CT molecular complexity index is 343. The van der Waals surface area contributed by atoms with Crippen LogP contribution in [0.1, 0.15) is 5.56 Å². The van der Waals surface area contributed by atoms with Gasteiger partial charge in [-0.1, -0.05) is 0 Å². The monoisotopic (exact) mass is 320 g/mol. The number of hydrogen-bond acceptors (Lipinski definition) is 4. The molecule has 0 heterocycles. The molecule has 0 atom stereocenters. The Morgan fingerprint density at radius 2 is 2.33 bits per heavy atom. The Labute approximate surface area is 102 Å². The number of nitrogens with zero attached hydrogens (tertiary/aromatic N) is 1. The van der Waals surface area contributed by atoms with Gasteiger partial charge in [-0.15, -0.1) is 0 Å². The Balaban J connectivity index is 2.93. The number of rotatable bonds is 4. The number of phenols is 1. The third-order valence-corrected chi connectivity index (χ3v) is 2.55. The van der Waals surface area contributed by atoms with Crippen LogP contribution in [0.25, 0.3) is 0 Å². The average Bonchev–Trinajstić information content (AvgIpc) is 2.18. The molecule has 1 aromatic carbocycles. The normalized spacial score (nSPS) is 10.9. The molecule has 1 aromatic rings. The van der Waals surface area contributed by atoms with Gasteiger partial charge in [-0.2, -0.15) is 0 Å². The second kappa shape index (κ2) is 5.92. The number of methoxy groups -OCH3 is 1. The summed E-state index contributed by atoms with van der Waals surface area (Å²) in [4.78, 5) is 4.09. The zero-order chi connectivity index (χ0) is 11.3. The second-order valence-electron chi connectivity index (χ2n) is 2.88. The Hall–Kier alpha value is -0.820. The zero-order valence-electron chi connectivity index (χ0n) is 8.40. The van der Waals surface area contributed by atoms with E-state index >= 15 is 0 Å². The molecule has 0 aliphatic heterocycles. The highest BCUT2D eigenvalue weighted by molar-refractivity contribution is 14.1. The predicted molar refractivity (Wildman–Crippen MR) is 68.9 cm³/mol. The SMILES string of the molecule is COc1c(O)cc(C=NCCN)cc1I. The van der Waals surface area contributed by atoms with Crippen molar-refractivity contribution in [2.24, 2.45) is 10.7 Å². The van der Waals surface area contributed by atoms with Crippen molar-refractivity contribution in [2.45, 2.75) is 0 Å². The summed E-state index contributed by atoms with van der Waals surface area (Å²) in [5.74, 6) is 0.616. The fourth-order valence-corrected chi connectivity index (χ4v) is 1.98. The Morgan fingerprint density at radius 3 is 2.87 bits per heavy atom. The number of hydrogen-bond donors (Lipinski definition) is 2. The maximum Gasteiger partial charge on any atom is 0.173 e. The van der Waals surface area contributed by atoms with Gasteiger partial charge in [0.05, 0.1) is 17.2 Å². The van der Waals surface area contributed by atoms with Crippen LogP contribution in [0.15, 0.2) is 17.1 Å². The van der Waals surface area contributed by atoms with Gasteiger partial charge < -0.3 is 15.6 Å². The molecule has 3 N–H and O–H groups in total. The van der Waals surface area contributed by atoms with Crippen molar-refractivity contribution in [3.8, 4) is 11.5 Å². The minimum absolute atomic E-state index is 0.124. The maximum absolute atomic E-state index is 9.61. The van der Waals surface area contributed by atoms with E-state index in [1.165, 1.54) is 7.11 Å². The van der Waals surface area contributed by atoms with Crippen molar-refractivity contribution in [3.05, 3.63) is 21.3 Å². The first-order valence-electron chi connectivity index (χ1n) is 4.45. The van der Waals surface area contributed by atoms with Crippen molar-refractivity contribution in [2.75, 3.05) is 20.2 Å². The first-order chi connectivity index (χ1) is 7.19. The molecule has 0 fully saturated rings. The first kappa shape index (κ1) is 12.3. The van der Waals surface area contributed by atoms with Gasteiger partial charge in [0.15, 0.2) is 11.5 Å². The minimum atomic E-state index is 0.124. The lowest BCUT2D eigenvalue weighted by atomic mass is 10.2. The van der Waals surface area contributed by atoms with Crippen LogP contribution < -0.4 is 10.5 Å². The van der Waals surface area contributed by atoms with Crippen LogP contribution in [0.2, 0.25) is 0 Å². The van der Waals surface area contributed by atoms with Crippen LogP contribution in [0.4, 0.5) is 0 Å². The molecule has 0 amide bonds. The van der Waals surface area contributed by atoms with Gasteiger partial charge in [0.1, 0.15) is 0 Å². The van der Waals surface area contributed by atoms with Crippen LogP contribution >= 0.6 is 22.6 Å². The summed E-state index contributed by atoms with van der Waals surface area (Å²) < 4.78 is 5.89.